The zero-order valence-electron chi connectivity index (χ0n) is 23.1. The molecule has 212 valence electrons. The van der Waals surface area contributed by atoms with Crippen LogP contribution in [0, 0.1) is 11.3 Å². The maximum absolute atomic E-state index is 10.0. The van der Waals surface area contributed by atoms with Crippen LogP contribution in [0.3, 0.4) is 0 Å². The summed E-state index contributed by atoms with van der Waals surface area (Å²) >= 11 is 4.98. The Bertz CT molecular complexity index is 1670. The third-order valence-electron chi connectivity index (χ3n) is 8.98. The van der Waals surface area contributed by atoms with Crippen LogP contribution in [0.15, 0.2) is 27.5 Å². The maximum atomic E-state index is 10.0. The second-order valence-electron chi connectivity index (χ2n) is 11.4. The number of likely N-dealkylation sites (N-methyl/N-ethyl adjacent to an activating group) is 1. The largest absolute Gasteiger partial charge is 0.473 e. The van der Waals surface area contributed by atoms with Crippen LogP contribution in [0.4, 0.5) is 5.00 Å². The minimum absolute atomic E-state index is 0.0499. The molecule has 12 heteroatoms. The van der Waals surface area contributed by atoms with Crippen molar-refractivity contribution >= 4 is 32.3 Å². The predicted octanol–water partition coefficient (Wildman–Crippen LogP) is 5.42. The van der Waals surface area contributed by atoms with E-state index >= 15 is 0 Å². The Balaban J connectivity index is 1.33. The van der Waals surface area contributed by atoms with E-state index in [1.807, 2.05) is 18.3 Å². The molecule has 2 aliphatic carbocycles. The first kappa shape index (κ1) is 26.6. The highest BCUT2D eigenvalue weighted by atomic mass is 79.9. The molecule has 3 aliphatic rings. The fourth-order valence-corrected chi connectivity index (χ4v) is 8.59. The van der Waals surface area contributed by atoms with Gasteiger partial charge in [0.25, 0.3) is 0 Å². The van der Waals surface area contributed by atoms with Crippen LogP contribution in [-0.4, -0.2) is 55.5 Å². The first-order valence-corrected chi connectivity index (χ1v) is 15.8. The lowest BCUT2D eigenvalue weighted by molar-refractivity contribution is 0.117. The summed E-state index contributed by atoms with van der Waals surface area (Å²) in [4.78, 5) is 13.3. The number of rotatable bonds is 5. The van der Waals surface area contributed by atoms with Gasteiger partial charge in [-0.15, -0.1) is 11.3 Å². The van der Waals surface area contributed by atoms with Crippen molar-refractivity contribution in [1.29, 1.82) is 5.26 Å². The van der Waals surface area contributed by atoms with Gasteiger partial charge in [-0.3, -0.25) is 4.90 Å². The van der Waals surface area contributed by atoms with Crippen LogP contribution in [0.1, 0.15) is 72.8 Å². The van der Waals surface area contributed by atoms with Gasteiger partial charge in [0.2, 0.25) is 5.88 Å². The third kappa shape index (κ3) is 4.37. The van der Waals surface area contributed by atoms with Gasteiger partial charge in [-0.25, -0.2) is 9.67 Å². The molecule has 0 bridgehead atoms. The van der Waals surface area contributed by atoms with Gasteiger partial charge in [-0.1, -0.05) is 5.16 Å². The molecule has 4 aromatic rings. The van der Waals surface area contributed by atoms with Crippen molar-refractivity contribution in [1.82, 2.24) is 29.8 Å². The summed E-state index contributed by atoms with van der Waals surface area (Å²) < 4.78 is 15.1. The number of aryl methyl sites for hydroxylation is 1. The smallest absolute Gasteiger partial charge is 0.219 e. The van der Waals surface area contributed by atoms with E-state index in [0.717, 1.165) is 74.8 Å². The van der Waals surface area contributed by atoms with E-state index in [4.69, 9.17) is 25.0 Å². The van der Waals surface area contributed by atoms with Crippen molar-refractivity contribution in [3.63, 3.8) is 0 Å². The monoisotopic (exact) mass is 634 g/mol. The molecule has 0 saturated carbocycles. The number of nitriles is 1. The number of halogens is 1. The molecule has 1 aliphatic heterocycles. The number of ether oxygens (including phenoxy) is 1. The number of nitrogens with zero attached hydrogens (tertiary/aromatic N) is 7. The summed E-state index contributed by atoms with van der Waals surface area (Å²) in [6.45, 7) is 3.16. The Hall–Kier alpha value is -3.27. The summed E-state index contributed by atoms with van der Waals surface area (Å²) in [7, 11) is 2.14. The van der Waals surface area contributed by atoms with E-state index in [2.05, 4.69) is 51.1 Å². The molecular formula is C29H31BrN8O2S. The van der Waals surface area contributed by atoms with E-state index in [9.17, 15) is 5.26 Å². The van der Waals surface area contributed by atoms with E-state index in [0.29, 0.717) is 44.4 Å². The Labute approximate surface area is 250 Å². The first-order valence-electron chi connectivity index (χ1n) is 14.2. The van der Waals surface area contributed by atoms with Gasteiger partial charge in [-0.05, 0) is 99.4 Å². The number of thiophene rings is 1. The summed E-state index contributed by atoms with van der Waals surface area (Å²) in [6, 6.07) is 6.40. The average molecular weight is 636 g/mol. The zero-order chi connectivity index (χ0) is 28.3. The predicted molar refractivity (Wildman–Crippen MR) is 158 cm³/mol. The molecule has 1 spiro atoms. The summed E-state index contributed by atoms with van der Waals surface area (Å²) in [5, 5.41) is 19.7. The van der Waals surface area contributed by atoms with Crippen LogP contribution in [-0.2, 0) is 18.3 Å². The molecule has 0 unspecified atom stereocenters. The third-order valence-corrected chi connectivity index (χ3v) is 10.5. The Kier molecular flexibility index (Phi) is 6.64. The average Bonchev–Trinajstić information content (AvgIpc) is 3.75. The van der Waals surface area contributed by atoms with Crippen molar-refractivity contribution in [2.45, 2.75) is 75.9 Å². The molecule has 0 radical (unpaired) electrons. The summed E-state index contributed by atoms with van der Waals surface area (Å²) in [5.74, 6) is 2.33. The SMILES string of the molecule is C[C@H](Oc1cc(-n2ccc(Br)n2)nc(-c2noc3c2CCC[C@@]32CCCc3sc(N)c(C#N)c32)n1)[C@@H]1CCCN1C. The van der Waals surface area contributed by atoms with Gasteiger partial charge in [0.1, 0.15) is 21.8 Å². The zero-order valence-corrected chi connectivity index (χ0v) is 25.5. The van der Waals surface area contributed by atoms with Crippen molar-refractivity contribution in [3.8, 4) is 29.3 Å². The van der Waals surface area contributed by atoms with Gasteiger partial charge >= 0.3 is 0 Å². The Morgan fingerprint density at radius 1 is 1.27 bits per heavy atom. The molecule has 5 heterocycles. The molecule has 4 aromatic heterocycles. The van der Waals surface area contributed by atoms with E-state index in [-0.39, 0.29) is 6.10 Å². The van der Waals surface area contributed by atoms with Gasteiger partial charge in [0, 0.05) is 28.7 Å². The van der Waals surface area contributed by atoms with Gasteiger partial charge < -0.3 is 15.0 Å². The fourth-order valence-electron chi connectivity index (χ4n) is 7.14. The van der Waals surface area contributed by atoms with Gasteiger partial charge in [0.15, 0.2) is 23.1 Å². The number of nitrogens with two attached hydrogens (primary N) is 1. The minimum Gasteiger partial charge on any atom is -0.473 e. The van der Waals surface area contributed by atoms with Gasteiger partial charge in [-0.2, -0.15) is 15.3 Å². The van der Waals surface area contributed by atoms with Crippen LogP contribution in [0.25, 0.3) is 17.3 Å². The number of fused-ring (bicyclic) bond motifs is 4. The number of likely N-dealkylation sites (tertiary alicyclic amines) is 1. The number of anilines is 1. The molecule has 10 nitrogen and oxygen atoms in total. The molecule has 2 N–H and O–H groups in total. The van der Waals surface area contributed by atoms with Crippen molar-refractivity contribution in [3.05, 3.63) is 50.3 Å². The molecule has 0 amide bonds. The topological polar surface area (TPSA) is 132 Å². The quantitative estimate of drug-likeness (QED) is 0.306. The molecule has 0 aromatic carbocycles. The first-order chi connectivity index (χ1) is 19.9. The normalized spacial score (nSPS) is 22.8. The molecular weight excluding hydrogens is 604 g/mol. The molecule has 3 atom stereocenters. The lowest BCUT2D eigenvalue weighted by Crippen LogP contribution is -2.38. The van der Waals surface area contributed by atoms with E-state index in [1.165, 1.54) is 4.88 Å². The van der Waals surface area contributed by atoms with Crippen LogP contribution >= 0.6 is 27.3 Å². The van der Waals surface area contributed by atoms with E-state index < -0.39 is 5.41 Å². The number of aromatic nitrogens is 5. The Morgan fingerprint density at radius 2 is 2.10 bits per heavy atom. The lowest BCUT2D eigenvalue weighted by Gasteiger charge is -2.39. The van der Waals surface area contributed by atoms with Crippen LogP contribution in [0.2, 0.25) is 0 Å². The highest BCUT2D eigenvalue weighted by molar-refractivity contribution is 9.10. The van der Waals surface area contributed by atoms with Crippen molar-refractivity contribution < 1.29 is 9.26 Å². The molecule has 1 saturated heterocycles. The van der Waals surface area contributed by atoms with Crippen molar-refractivity contribution in [2.75, 3.05) is 19.3 Å². The number of hydrogen-bond donors (Lipinski definition) is 1. The summed E-state index contributed by atoms with van der Waals surface area (Å²) in [5.41, 5.74) is 9.19. The minimum atomic E-state index is -0.406. The molecule has 41 heavy (non-hydrogen) atoms. The van der Waals surface area contributed by atoms with Crippen molar-refractivity contribution in [2.24, 2.45) is 0 Å². The molecule has 7 rings (SSSR count). The van der Waals surface area contributed by atoms with E-state index in [1.54, 1.807) is 16.0 Å². The second kappa shape index (κ2) is 10.2. The highest BCUT2D eigenvalue weighted by Gasteiger charge is 2.48. The standard InChI is InChI=1S/C29H31BrN8O2S/c1-16(19-7-5-12-37(19)2)39-23-14-22(38-13-9-21(30)35-38)33-28(34-23)25-17-6-3-10-29(26(17)40-36-25)11-4-8-20-24(29)18(15-31)27(32)41-20/h9,13-14,16,19H,3-8,10-12,32H2,1-2H3/t16-,19-,29-/m0/s1. The maximum Gasteiger partial charge on any atom is 0.219 e. The summed E-state index contributed by atoms with van der Waals surface area (Å²) in [6.07, 6.45) is 9.53. The van der Waals surface area contributed by atoms with Crippen LogP contribution in [0.5, 0.6) is 5.88 Å². The second-order valence-corrected chi connectivity index (χ2v) is 13.3. The molecule has 1 fully saturated rings. The van der Waals surface area contributed by atoms with Crippen LogP contribution < -0.4 is 10.5 Å². The number of nitrogen functional groups attached to an aromatic ring is 1. The fraction of sp³-hybridized carbons (Fsp3) is 0.483. The Morgan fingerprint density at radius 3 is 2.83 bits per heavy atom. The highest BCUT2D eigenvalue weighted by Crippen LogP contribution is 2.55. The number of hydrogen-bond acceptors (Lipinski definition) is 10. The van der Waals surface area contributed by atoms with Gasteiger partial charge in [0.05, 0.1) is 11.0 Å². The lowest BCUT2D eigenvalue weighted by atomic mass is 9.63.